The summed E-state index contributed by atoms with van der Waals surface area (Å²) in [6.45, 7) is 7.68. The third kappa shape index (κ3) is 5.60. The molecule has 0 atom stereocenters. The number of fused-ring (bicyclic) bond motifs is 1. The average molecular weight is 513 g/mol. The summed E-state index contributed by atoms with van der Waals surface area (Å²) < 4.78 is 55.8. The first-order valence-corrected chi connectivity index (χ1v) is 12.0. The van der Waals surface area contributed by atoms with Gasteiger partial charge in [0.25, 0.3) is 0 Å². The maximum absolute atomic E-state index is 15.1. The highest BCUT2D eigenvalue weighted by Crippen LogP contribution is 2.36. The molecule has 2 aromatic carbocycles. The first-order chi connectivity index (χ1) is 17.5. The Hall–Kier alpha value is -3.88. The van der Waals surface area contributed by atoms with Gasteiger partial charge in [0.2, 0.25) is 0 Å². The number of nitrogens with one attached hydrogen (secondary N) is 3. The standard InChI is InChI=1S/C28H28F4N4O/c1-16(2)10-12-22-21-8-5-9-25(21)36(26(22)17(3)33)20-11-13-24(23(29)15-20)35-27(37)34-19-7-4-6-18(14-19)28(30,31)32/h4,6-7,11,13-15,33H,1,5,8-10,12H2,2-3H3,(H2,34,35,37). The molecule has 0 spiro atoms. The SMILES string of the molecule is C=C(C)CCc1c2c(n(-c3ccc(NC(=O)Nc4cccc(C(F)(F)F)c4)c(F)c3)c1C(C)=N)CCC2. The number of carbonyl (C=O) groups is 1. The molecule has 1 aliphatic carbocycles. The van der Waals surface area contributed by atoms with E-state index in [4.69, 9.17) is 5.41 Å². The second-order valence-electron chi connectivity index (χ2n) is 9.35. The van der Waals surface area contributed by atoms with Crippen LogP contribution in [0.15, 0.2) is 54.6 Å². The zero-order valence-corrected chi connectivity index (χ0v) is 20.7. The van der Waals surface area contributed by atoms with E-state index in [9.17, 15) is 18.0 Å². The number of amides is 2. The Balaban J connectivity index is 1.60. The molecule has 1 aromatic heterocycles. The topological polar surface area (TPSA) is 69.9 Å². The molecule has 1 aliphatic rings. The summed E-state index contributed by atoms with van der Waals surface area (Å²) in [6, 6.07) is 7.69. The van der Waals surface area contributed by atoms with E-state index in [2.05, 4.69) is 17.2 Å². The van der Waals surface area contributed by atoms with Crippen molar-refractivity contribution in [2.24, 2.45) is 0 Å². The minimum atomic E-state index is -4.55. The summed E-state index contributed by atoms with van der Waals surface area (Å²) in [4.78, 5) is 12.4. The van der Waals surface area contributed by atoms with Crippen molar-refractivity contribution in [1.29, 1.82) is 5.41 Å². The van der Waals surface area contributed by atoms with E-state index in [-0.39, 0.29) is 11.4 Å². The molecular formula is C28H28F4N4O. The number of hydrogen-bond donors (Lipinski definition) is 3. The zero-order chi connectivity index (χ0) is 26.9. The molecule has 0 saturated carbocycles. The molecule has 37 heavy (non-hydrogen) atoms. The predicted octanol–water partition coefficient (Wildman–Crippen LogP) is 7.66. The van der Waals surface area contributed by atoms with Gasteiger partial charge in [-0.1, -0.05) is 11.6 Å². The summed E-state index contributed by atoms with van der Waals surface area (Å²) in [5.74, 6) is -0.700. The number of hydrogen-bond acceptors (Lipinski definition) is 2. The summed E-state index contributed by atoms with van der Waals surface area (Å²) >= 11 is 0. The second-order valence-corrected chi connectivity index (χ2v) is 9.35. The molecule has 0 radical (unpaired) electrons. The molecule has 2 amide bonds. The van der Waals surface area contributed by atoms with Crippen molar-refractivity contribution >= 4 is 23.1 Å². The Morgan fingerprint density at radius 2 is 1.86 bits per heavy atom. The number of benzene rings is 2. The number of rotatable bonds is 7. The van der Waals surface area contributed by atoms with E-state index >= 15 is 4.39 Å². The third-order valence-corrected chi connectivity index (χ3v) is 6.40. The number of allylic oxidation sites excluding steroid dienone is 1. The molecule has 194 valence electrons. The Labute approximate surface area is 212 Å². The first-order valence-electron chi connectivity index (χ1n) is 12.0. The normalized spacial score (nSPS) is 12.8. The van der Waals surface area contributed by atoms with Gasteiger partial charge in [-0.3, -0.25) is 0 Å². The average Bonchev–Trinajstić information content (AvgIpc) is 3.39. The molecular weight excluding hydrogens is 484 g/mol. The number of alkyl halides is 3. The van der Waals surface area contributed by atoms with Crippen LogP contribution in [0.2, 0.25) is 0 Å². The predicted molar refractivity (Wildman–Crippen MR) is 137 cm³/mol. The summed E-state index contributed by atoms with van der Waals surface area (Å²) in [5.41, 5.74) is 5.04. The summed E-state index contributed by atoms with van der Waals surface area (Å²) in [6.07, 6.45) is -0.272. The van der Waals surface area contributed by atoms with Crippen molar-refractivity contribution in [3.8, 4) is 5.69 Å². The van der Waals surface area contributed by atoms with Crippen LogP contribution in [-0.2, 0) is 25.4 Å². The fraction of sp³-hybridized carbons (Fsp3) is 0.286. The molecule has 9 heteroatoms. The van der Waals surface area contributed by atoms with Crippen LogP contribution in [0.3, 0.4) is 0 Å². The number of anilines is 2. The highest BCUT2D eigenvalue weighted by molar-refractivity contribution is 6.00. The van der Waals surface area contributed by atoms with Gasteiger partial charge in [0.1, 0.15) is 5.82 Å². The highest BCUT2D eigenvalue weighted by atomic mass is 19.4. The van der Waals surface area contributed by atoms with Gasteiger partial charge in [-0.2, -0.15) is 13.2 Å². The lowest BCUT2D eigenvalue weighted by Gasteiger charge is -2.16. The minimum Gasteiger partial charge on any atom is -0.312 e. The third-order valence-electron chi connectivity index (χ3n) is 6.40. The summed E-state index contributed by atoms with van der Waals surface area (Å²) in [5, 5.41) is 13.1. The number of carbonyl (C=O) groups excluding carboxylic acids is 1. The van der Waals surface area contributed by atoms with Gasteiger partial charge in [-0.05, 0) is 87.4 Å². The molecule has 0 unspecified atom stereocenters. The molecule has 3 N–H and O–H groups in total. The Morgan fingerprint density at radius 1 is 1.11 bits per heavy atom. The van der Waals surface area contributed by atoms with Gasteiger partial charge in [-0.15, -0.1) is 6.58 Å². The van der Waals surface area contributed by atoms with Gasteiger partial charge in [0.15, 0.2) is 0 Å². The van der Waals surface area contributed by atoms with Crippen LogP contribution in [0.4, 0.5) is 33.7 Å². The van der Waals surface area contributed by atoms with Gasteiger partial charge < -0.3 is 20.6 Å². The van der Waals surface area contributed by atoms with E-state index in [1.165, 1.54) is 29.8 Å². The summed E-state index contributed by atoms with van der Waals surface area (Å²) in [7, 11) is 0. The van der Waals surface area contributed by atoms with Crippen LogP contribution in [0, 0.1) is 11.2 Å². The smallest absolute Gasteiger partial charge is 0.312 e. The van der Waals surface area contributed by atoms with Gasteiger partial charge in [0, 0.05) is 23.1 Å². The Bertz CT molecular complexity index is 1390. The number of nitrogens with zero attached hydrogens (tertiary/aromatic N) is 1. The maximum atomic E-state index is 15.1. The van der Waals surface area contributed by atoms with Crippen molar-refractivity contribution < 1.29 is 22.4 Å². The van der Waals surface area contributed by atoms with Crippen LogP contribution in [0.1, 0.15) is 54.8 Å². The lowest BCUT2D eigenvalue weighted by molar-refractivity contribution is -0.137. The number of halogens is 4. The number of aromatic nitrogens is 1. The number of urea groups is 1. The van der Waals surface area contributed by atoms with Crippen LogP contribution in [0.25, 0.3) is 5.69 Å². The molecule has 1 heterocycles. The van der Waals surface area contributed by atoms with E-state index in [0.29, 0.717) is 11.4 Å². The van der Waals surface area contributed by atoms with Crippen molar-refractivity contribution in [1.82, 2.24) is 4.57 Å². The molecule has 0 fully saturated rings. The molecule has 0 saturated heterocycles. The molecule has 0 bridgehead atoms. The van der Waals surface area contributed by atoms with Crippen LogP contribution < -0.4 is 10.6 Å². The quantitative estimate of drug-likeness (QED) is 0.170. The highest BCUT2D eigenvalue weighted by Gasteiger charge is 2.31. The van der Waals surface area contributed by atoms with Crippen LogP contribution in [-0.4, -0.2) is 16.3 Å². The molecule has 4 rings (SSSR count). The van der Waals surface area contributed by atoms with Crippen molar-refractivity contribution in [3.63, 3.8) is 0 Å². The lowest BCUT2D eigenvalue weighted by Crippen LogP contribution is -2.20. The van der Waals surface area contributed by atoms with Crippen LogP contribution in [0.5, 0.6) is 0 Å². The van der Waals surface area contributed by atoms with Gasteiger partial charge in [0.05, 0.1) is 22.7 Å². The first kappa shape index (κ1) is 26.2. The maximum Gasteiger partial charge on any atom is 0.416 e. The van der Waals surface area contributed by atoms with Crippen molar-refractivity contribution in [2.45, 2.75) is 52.1 Å². The van der Waals surface area contributed by atoms with E-state index < -0.39 is 23.6 Å². The fourth-order valence-electron chi connectivity index (χ4n) is 4.80. The Morgan fingerprint density at radius 3 is 2.51 bits per heavy atom. The lowest BCUT2D eigenvalue weighted by atomic mass is 9.99. The minimum absolute atomic E-state index is 0.0688. The second kappa shape index (κ2) is 10.2. The van der Waals surface area contributed by atoms with E-state index in [1.54, 1.807) is 13.0 Å². The van der Waals surface area contributed by atoms with Gasteiger partial charge >= 0.3 is 12.2 Å². The molecule has 3 aromatic rings. The molecule has 0 aliphatic heterocycles. The largest absolute Gasteiger partial charge is 0.416 e. The van der Waals surface area contributed by atoms with E-state index in [1.807, 2.05) is 11.5 Å². The fourth-order valence-corrected chi connectivity index (χ4v) is 4.80. The zero-order valence-electron chi connectivity index (χ0n) is 20.7. The van der Waals surface area contributed by atoms with Gasteiger partial charge in [-0.25, -0.2) is 9.18 Å². The Kier molecular flexibility index (Phi) is 7.25. The van der Waals surface area contributed by atoms with Crippen LogP contribution >= 0.6 is 0 Å². The monoisotopic (exact) mass is 512 g/mol. The van der Waals surface area contributed by atoms with E-state index in [0.717, 1.165) is 66.8 Å². The van der Waals surface area contributed by atoms with Crippen molar-refractivity contribution in [3.05, 3.63) is 88.5 Å². The van der Waals surface area contributed by atoms with Crippen molar-refractivity contribution in [2.75, 3.05) is 10.6 Å². The molecule has 5 nitrogen and oxygen atoms in total.